The van der Waals surface area contributed by atoms with E-state index in [1.54, 1.807) is 6.92 Å². The molecule has 2 unspecified atom stereocenters. The minimum absolute atomic E-state index is 0.00110. The number of nitrogens with zero attached hydrogens (tertiary/aromatic N) is 1. The number of carbonyl (C=O) groups is 4. The lowest BCUT2D eigenvalue weighted by Crippen LogP contribution is -2.60. The van der Waals surface area contributed by atoms with Crippen LogP contribution in [0.3, 0.4) is 0 Å². The number of amides is 2. The summed E-state index contributed by atoms with van der Waals surface area (Å²) in [6.45, 7) is 4.24. The number of hydrogen-bond donors (Lipinski definition) is 5. The number of esters is 1. The van der Waals surface area contributed by atoms with Crippen LogP contribution in [-0.2, 0) is 33.4 Å². The van der Waals surface area contributed by atoms with Gasteiger partial charge < -0.3 is 54.8 Å². The van der Waals surface area contributed by atoms with Gasteiger partial charge in [-0.1, -0.05) is 0 Å². The highest BCUT2D eigenvalue weighted by molar-refractivity contribution is 5.91. The predicted molar refractivity (Wildman–Crippen MR) is 116 cm³/mol. The van der Waals surface area contributed by atoms with E-state index in [0.29, 0.717) is 0 Å². The van der Waals surface area contributed by atoms with E-state index in [1.165, 1.54) is 13.8 Å². The Morgan fingerprint density at radius 1 is 1.11 bits per heavy atom. The Labute approximate surface area is 208 Å². The molecule has 206 valence electrons. The van der Waals surface area contributed by atoms with Crippen molar-refractivity contribution < 1.29 is 58.9 Å². The molecule has 2 amide bonds. The molecule has 9 atom stereocenters. The third kappa shape index (κ3) is 7.57. The van der Waals surface area contributed by atoms with Crippen LogP contribution in [0.25, 0.3) is 0 Å². The number of β-amino-alcohol motifs (C(OH)–C–C–N with tert-alkyl or cyclic N) is 1. The first-order valence-corrected chi connectivity index (χ1v) is 11.9. The van der Waals surface area contributed by atoms with Crippen LogP contribution in [0.5, 0.6) is 0 Å². The molecule has 0 aromatic carbocycles. The number of carboxylic acids is 1. The first-order chi connectivity index (χ1) is 16.9. The smallest absolute Gasteiger partial charge is 0.331 e. The van der Waals surface area contributed by atoms with E-state index in [9.17, 15) is 44.7 Å². The summed E-state index contributed by atoms with van der Waals surface area (Å²) in [5.41, 5.74) is 0. The van der Waals surface area contributed by atoms with Crippen LogP contribution in [0, 0.1) is 0 Å². The Bertz CT molecular complexity index is 795. The predicted octanol–water partition coefficient (Wildman–Crippen LogP) is -3.85. The van der Waals surface area contributed by atoms with Crippen molar-refractivity contribution >= 4 is 23.8 Å². The standard InChI is InChI=1S/C22H36N2O12/c1-4-34-21(33)16(10(2)35-22-19(31)18(30)17(29)11(3)36-22)23-20(32)13-8-12(25)9-24(13)14(26)6-5-7-15(27)28/h10-13,16-19,22,25,29-31H,4-9H2,1-3H3,(H,23,32)(H,27,28)/p-1/t10-,11+,12+,13+,16+,17-,18?,19?,22-/m1/s1. The Morgan fingerprint density at radius 2 is 1.78 bits per heavy atom. The van der Waals surface area contributed by atoms with Gasteiger partial charge in [-0.05, 0) is 33.6 Å². The van der Waals surface area contributed by atoms with E-state index in [0.717, 1.165) is 4.90 Å². The highest BCUT2D eigenvalue weighted by Gasteiger charge is 2.45. The molecular formula is C22H35N2O12-. The molecule has 0 bridgehead atoms. The summed E-state index contributed by atoms with van der Waals surface area (Å²) in [5.74, 6) is -3.50. The molecule has 0 spiro atoms. The second kappa shape index (κ2) is 13.3. The molecule has 0 radical (unpaired) electrons. The quantitative estimate of drug-likeness (QED) is 0.166. The van der Waals surface area contributed by atoms with Crippen molar-refractivity contribution in [3.8, 4) is 0 Å². The van der Waals surface area contributed by atoms with Crippen LogP contribution < -0.4 is 10.4 Å². The van der Waals surface area contributed by atoms with Crippen molar-refractivity contribution in [3.63, 3.8) is 0 Å². The van der Waals surface area contributed by atoms with Gasteiger partial charge in [0.05, 0.1) is 24.9 Å². The molecule has 2 rings (SSSR count). The van der Waals surface area contributed by atoms with Crippen LogP contribution in [0.2, 0.25) is 0 Å². The van der Waals surface area contributed by atoms with Gasteiger partial charge in [0, 0.05) is 25.4 Å². The number of carboxylic acid groups (broad SMARTS) is 1. The number of aliphatic carboxylic acids is 1. The maximum atomic E-state index is 13.1. The van der Waals surface area contributed by atoms with E-state index in [-0.39, 0.29) is 38.8 Å². The minimum atomic E-state index is -1.64. The summed E-state index contributed by atoms with van der Waals surface area (Å²) in [4.78, 5) is 50.0. The summed E-state index contributed by atoms with van der Waals surface area (Å²) < 4.78 is 16.0. The first-order valence-electron chi connectivity index (χ1n) is 11.9. The lowest BCUT2D eigenvalue weighted by Gasteiger charge is -2.40. The summed E-state index contributed by atoms with van der Waals surface area (Å²) in [7, 11) is 0. The molecule has 5 N–H and O–H groups in total. The number of likely N-dealkylation sites (tertiary alicyclic amines) is 1. The highest BCUT2D eigenvalue weighted by Crippen LogP contribution is 2.24. The van der Waals surface area contributed by atoms with Crippen LogP contribution in [0.4, 0.5) is 0 Å². The van der Waals surface area contributed by atoms with E-state index < -0.39 is 78.8 Å². The molecule has 2 aliphatic rings. The Balaban J connectivity index is 2.12. The van der Waals surface area contributed by atoms with Crippen molar-refractivity contribution in [1.82, 2.24) is 10.2 Å². The van der Waals surface area contributed by atoms with Crippen molar-refractivity contribution in [3.05, 3.63) is 0 Å². The molecule has 2 heterocycles. The number of hydrogen-bond acceptors (Lipinski definition) is 12. The van der Waals surface area contributed by atoms with Gasteiger partial charge in [0.25, 0.3) is 0 Å². The zero-order valence-corrected chi connectivity index (χ0v) is 20.4. The van der Waals surface area contributed by atoms with Gasteiger partial charge in [-0.15, -0.1) is 0 Å². The lowest BCUT2D eigenvalue weighted by molar-refractivity contribution is -0.305. The maximum absolute atomic E-state index is 13.1. The molecular weight excluding hydrogens is 484 g/mol. The number of nitrogens with one attached hydrogen (secondary N) is 1. The van der Waals surface area contributed by atoms with Crippen LogP contribution in [0.1, 0.15) is 46.5 Å². The van der Waals surface area contributed by atoms with Crippen LogP contribution >= 0.6 is 0 Å². The molecule has 0 aromatic heterocycles. The fourth-order valence-corrected chi connectivity index (χ4v) is 4.13. The molecule has 2 fully saturated rings. The Kier molecular flexibility index (Phi) is 11.0. The van der Waals surface area contributed by atoms with Gasteiger partial charge in [-0.2, -0.15) is 0 Å². The third-order valence-corrected chi connectivity index (χ3v) is 6.14. The minimum Gasteiger partial charge on any atom is -0.550 e. The summed E-state index contributed by atoms with van der Waals surface area (Å²) >= 11 is 0. The van der Waals surface area contributed by atoms with Crippen LogP contribution in [-0.4, -0.2) is 117 Å². The Hall–Kier alpha value is -2.36. The molecule has 14 nitrogen and oxygen atoms in total. The van der Waals surface area contributed by atoms with Crippen molar-refractivity contribution in [2.75, 3.05) is 13.2 Å². The first kappa shape index (κ1) is 29.9. The fourth-order valence-electron chi connectivity index (χ4n) is 4.13. The average Bonchev–Trinajstić information content (AvgIpc) is 3.21. The monoisotopic (exact) mass is 519 g/mol. The molecule has 0 aromatic rings. The molecule has 0 aliphatic carbocycles. The second-order valence-electron chi connectivity index (χ2n) is 8.94. The fraction of sp³-hybridized carbons (Fsp3) is 0.818. The maximum Gasteiger partial charge on any atom is 0.331 e. The number of aliphatic hydroxyl groups excluding tert-OH is 4. The topological polar surface area (TPSA) is 215 Å². The second-order valence-corrected chi connectivity index (χ2v) is 8.94. The number of rotatable bonds is 11. The Morgan fingerprint density at radius 3 is 2.39 bits per heavy atom. The third-order valence-electron chi connectivity index (χ3n) is 6.14. The van der Waals surface area contributed by atoms with Crippen molar-refractivity contribution in [2.24, 2.45) is 0 Å². The SMILES string of the molecule is CCOC(=O)[C@@H](NC(=O)[C@@H]1C[C@H](O)CN1C(=O)CCCC(=O)[O-])[C@@H](C)O[C@@H]1O[C@@H](C)[C@@H](O)C(O)C1O. The normalized spacial score (nSPS) is 32.0. The number of ether oxygens (including phenoxy) is 3. The lowest BCUT2D eigenvalue weighted by atomic mass is 10.00. The number of aliphatic hydroxyl groups is 4. The molecule has 2 aliphatic heterocycles. The summed E-state index contributed by atoms with van der Waals surface area (Å²) in [6.07, 6.45) is -9.66. The average molecular weight is 520 g/mol. The molecule has 2 saturated heterocycles. The van der Waals surface area contributed by atoms with E-state index >= 15 is 0 Å². The van der Waals surface area contributed by atoms with Crippen LogP contribution in [0.15, 0.2) is 0 Å². The highest BCUT2D eigenvalue weighted by atomic mass is 16.7. The van der Waals surface area contributed by atoms with Gasteiger partial charge in [0.1, 0.15) is 24.4 Å². The van der Waals surface area contributed by atoms with E-state index in [4.69, 9.17) is 14.2 Å². The van der Waals surface area contributed by atoms with Gasteiger partial charge in [-0.3, -0.25) is 9.59 Å². The molecule has 36 heavy (non-hydrogen) atoms. The van der Waals surface area contributed by atoms with Gasteiger partial charge in [-0.25, -0.2) is 4.79 Å². The number of carbonyl (C=O) groups excluding carboxylic acids is 4. The zero-order chi connectivity index (χ0) is 27.2. The molecule has 14 heteroatoms. The van der Waals surface area contributed by atoms with Crippen molar-refractivity contribution in [1.29, 1.82) is 0 Å². The zero-order valence-electron chi connectivity index (χ0n) is 20.4. The summed E-state index contributed by atoms with van der Waals surface area (Å²) in [6, 6.07) is -2.55. The van der Waals surface area contributed by atoms with E-state index in [1.807, 2.05) is 0 Å². The largest absolute Gasteiger partial charge is 0.550 e. The van der Waals surface area contributed by atoms with Gasteiger partial charge in [0.15, 0.2) is 12.3 Å². The molecule has 0 saturated carbocycles. The van der Waals surface area contributed by atoms with Gasteiger partial charge >= 0.3 is 5.97 Å². The van der Waals surface area contributed by atoms with E-state index in [2.05, 4.69) is 5.32 Å². The van der Waals surface area contributed by atoms with Crippen molar-refractivity contribution in [2.45, 2.75) is 101 Å². The summed E-state index contributed by atoms with van der Waals surface area (Å²) in [5, 5.41) is 53.2. The van der Waals surface area contributed by atoms with Gasteiger partial charge in [0.2, 0.25) is 11.8 Å².